The zero-order chi connectivity index (χ0) is 38.9. The summed E-state index contributed by atoms with van der Waals surface area (Å²) in [5, 5.41) is 5.02. The van der Waals surface area contributed by atoms with E-state index in [9.17, 15) is 36.8 Å². The van der Waals surface area contributed by atoms with Crippen LogP contribution in [0.5, 0.6) is 5.75 Å². The zero-order valence-electron chi connectivity index (χ0n) is 30.6. The largest absolute Gasteiger partial charge is 0.497 e. The Kier molecular flexibility index (Phi) is 10.9. The summed E-state index contributed by atoms with van der Waals surface area (Å²) in [6.45, 7) is -0.0562. The number of carbonyl (C=O) groups excluding carboxylic acids is 5. The molecule has 0 spiro atoms. The van der Waals surface area contributed by atoms with Gasteiger partial charge in [-0.15, -0.1) is 0 Å². The highest BCUT2D eigenvalue weighted by atomic mass is 32.2. The molecule has 0 bridgehead atoms. The van der Waals surface area contributed by atoms with Crippen molar-refractivity contribution >= 4 is 39.7 Å². The van der Waals surface area contributed by atoms with E-state index in [1.807, 2.05) is 12.2 Å². The number of hydrogen-bond acceptors (Lipinski definition) is 9. The summed E-state index contributed by atoms with van der Waals surface area (Å²) in [4.78, 5) is 71.9. The Morgan fingerprint density at radius 2 is 1.84 bits per heavy atom. The van der Waals surface area contributed by atoms with E-state index in [-0.39, 0.29) is 45.3 Å². The highest BCUT2D eigenvalue weighted by Gasteiger charge is 2.62. The maximum Gasteiger partial charge on any atom is 0.410 e. The van der Waals surface area contributed by atoms with Gasteiger partial charge in [0.05, 0.1) is 31.9 Å². The highest BCUT2D eigenvalue weighted by molar-refractivity contribution is 7.91. The fraction of sp³-hybridized carbons (Fsp3) is 0.513. The summed E-state index contributed by atoms with van der Waals surface area (Å²) < 4.78 is 53.4. The number of methoxy groups -OCH3 is 1. The molecule has 14 nitrogen and oxygen atoms in total. The highest BCUT2D eigenvalue weighted by Crippen LogP contribution is 2.46. The van der Waals surface area contributed by atoms with Crippen LogP contribution in [0.25, 0.3) is 0 Å². The van der Waals surface area contributed by atoms with Crippen molar-refractivity contribution in [2.24, 2.45) is 5.92 Å². The predicted molar refractivity (Wildman–Crippen MR) is 196 cm³/mol. The number of benzene rings is 2. The van der Waals surface area contributed by atoms with Gasteiger partial charge in [0.2, 0.25) is 27.7 Å². The SMILES string of the molecule is COc1cccc(CC(=O)N[C@H]2CCCCC/C=C\[C@@H]3C[C@@]3(C(=O)NS(=O)(=O)C3CC3)NC(=O)C3C[C@@H](OC(=O)N4Cc5cccc(F)c5C4)CN3C2=O)c1. The molecule has 3 heterocycles. The lowest BCUT2D eigenvalue weighted by atomic mass is 10.0. The molecule has 3 N–H and O–H groups in total. The summed E-state index contributed by atoms with van der Waals surface area (Å²) in [7, 11) is -2.40. The molecule has 1 saturated heterocycles. The fourth-order valence-corrected chi connectivity index (χ4v) is 9.15. The van der Waals surface area contributed by atoms with Crippen molar-refractivity contribution in [3.8, 4) is 5.75 Å². The number of allylic oxidation sites excluding steroid dienone is 1. The van der Waals surface area contributed by atoms with E-state index in [4.69, 9.17) is 9.47 Å². The van der Waals surface area contributed by atoms with E-state index in [1.165, 1.54) is 23.0 Å². The van der Waals surface area contributed by atoms with Crippen LogP contribution in [0.15, 0.2) is 54.6 Å². The summed E-state index contributed by atoms with van der Waals surface area (Å²) >= 11 is 0. The molecule has 294 valence electrons. The van der Waals surface area contributed by atoms with Gasteiger partial charge in [0.15, 0.2) is 0 Å². The maximum atomic E-state index is 14.5. The lowest BCUT2D eigenvalue weighted by molar-refractivity contribution is -0.142. The minimum Gasteiger partial charge on any atom is -0.497 e. The normalized spacial score (nSPS) is 27.3. The van der Waals surface area contributed by atoms with E-state index in [0.29, 0.717) is 48.1 Å². The molecule has 0 aromatic heterocycles. The average molecular weight is 780 g/mol. The minimum absolute atomic E-state index is 0.00217. The molecule has 2 aromatic rings. The van der Waals surface area contributed by atoms with Gasteiger partial charge in [0.25, 0.3) is 5.91 Å². The van der Waals surface area contributed by atoms with E-state index in [0.717, 1.165) is 12.8 Å². The van der Waals surface area contributed by atoms with E-state index < -0.39 is 80.5 Å². The lowest BCUT2D eigenvalue weighted by Crippen LogP contribution is -2.58. The Morgan fingerprint density at radius 1 is 1.04 bits per heavy atom. The van der Waals surface area contributed by atoms with Gasteiger partial charge in [-0.1, -0.05) is 49.3 Å². The summed E-state index contributed by atoms with van der Waals surface area (Å²) in [6.07, 6.45) is 5.97. The van der Waals surface area contributed by atoms with Gasteiger partial charge in [-0.3, -0.25) is 28.8 Å². The van der Waals surface area contributed by atoms with Crippen LogP contribution in [0.4, 0.5) is 9.18 Å². The quantitative estimate of drug-likeness (QED) is 0.340. The monoisotopic (exact) mass is 779 g/mol. The van der Waals surface area contributed by atoms with Crippen molar-refractivity contribution in [3.05, 3.63) is 77.1 Å². The van der Waals surface area contributed by atoms with Crippen LogP contribution < -0.4 is 20.1 Å². The Labute approximate surface area is 319 Å². The zero-order valence-corrected chi connectivity index (χ0v) is 31.4. The first-order chi connectivity index (χ1) is 26.4. The number of ether oxygens (including phenoxy) is 2. The molecule has 2 saturated carbocycles. The number of nitrogens with one attached hydrogen (secondary N) is 3. The van der Waals surface area contributed by atoms with Gasteiger partial charge in [-0.05, 0) is 67.9 Å². The van der Waals surface area contributed by atoms with Crippen LogP contribution in [0.3, 0.4) is 0 Å². The number of halogens is 1. The third kappa shape index (κ3) is 8.48. The predicted octanol–water partition coefficient (Wildman–Crippen LogP) is 2.99. The van der Waals surface area contributed by atoms with Gasteiger partial charge in [0.1, 0.15) is 35.3 Å². The molecule has 16 heteroatoms. The van der Waals surface area contributed by atoms with Gasteiger partial charge in [0, 0.05) is 24.4 Å². The molecule has 1 unspecified atom stereocenters. The first kappa shape index (κ1) is 38.3. The average Bonchev–Trinajstić information content (AvgIpc) is 4.04. The van der Waals surface area contributed by atoms with Crippen molar-refractivity contribution < 1.29 is 46.3 Å². The molecule has 2 aromatic carbocycles. The van der Waals surface area contributed by atoms with Crippen LogP contribution in [-0.2, 0) is 53.4 Å². The minimum atomic E-state index is -3.93. The molecule has 0 radical (unpaired) electrons. The molecular weight excluding hydrogens is 734 g/mol. The van der Waals surface area contributed by atoms with Crippen LogP contribution in [0, 0.1) is 11.7 Å². The van der Waals surface area contributed by atoms with Crippen LogP contribution in [0.1, 0.15) is 74.5 Å². The Bertz CT molecular complexity index is 2010. The van der Waals surface area contributed by atoms with Gasteiger partial charge >= 0.3 is 6.09 Å². The molecular formula is C39H46FN5O9S. The van der Waals surface area contributed by atoms with Crippen LogP contribution in [0.2, 0.25) is 0 Å². The Balaban J connectivity index is 1.13. The van der Waals surface area contributed by atoms with Crippen LogP contribution >= 0.6 is 0 Å². The number of fused-ring (bicyclic) bond motifs is 3. The van der Waals surface area contributed by atoms with Crippen molar-refractivity contribution in [2.75, 3.05) is 13.7 Å². The Morgan fingerprint density at radius 3 is 2.60 bits per heavy atom. The first-order valence-electron chi connectivity index (χ1n) is 18.9. The van der Waals surface area contributed by atoms with Gasteiger partial charge in [-0.25, -0.2) is 17.6 Å². The second kappa shape index (κ2) is 15.6. The first-order valence-corrected chi connectivity index (χ1v) is 20.4. The number of nitrogens with zero attached hydrogens (tertiary/aromatic N) is 2. The fourth-order valence-electron chi connectivity index (χ4n) is 7.79. The molecule has 2 aliphatic carbocycles. The van der Waals surface area contributed by atoms with Crippen molar-refractivity contribution in [2.45, 2.75) is 106 Å². The third-order valence-electron chi connectivity index (χ3n) is 11.1. The van der Waals surface area contributed by atoms with E-state index in [2.05, 4.69) is 15.4 Å². The summed E-state index contributed by atoms with van der Waals surface area (Å²) in [5.41, 5.74) is 0.155. The number of sulfonamides is 1. The maximum absolute atomic E-state index is 14.5. The molecule has 5 atom stereocenters. The summed E-state index contributed by atoms with van der Waals surface area (Å²) in [5.74, 6) is -2.85. The Hall–Kier alpha value is -4.99. The second-order valence-electron chi connectivity index (χ2n) is 15.1. The van der Waals surface area contributed by atoms with Crippen LogP contribution in [-0.4, -0.2) is 90.6 Å². The molecule has 5 amide bonds. The van der Waals surface area contributed by atoms with E-state index in [1.54, 1.807) is 36.4 Å². The topological polar surface area (TPSA) is 181 Å². The molecule has 5 aliphatic rings. The smallest absolute Gasteiger partial charge is 0.410 e. The number of carbonyl (C=O) groups is 5. The lowest BCUT2D eigenvalue weighted by Gasteiger charge is -2.30. The van der Waals surface area contributed by atoms with Crippen molar-refractivity contribution in [3.63, 3.8) is 0 Å². The van der Waals surface area contributed by atoms with Crippen molar-refractivity contribution in [1.82, 2.24) is 25.2 Å². The van der Waals surface area contributed by atoms with E-state index >= 15 is 0 Å². The third-order valence-corrected chi connectivity index (χ3v) is 12.9. The summed E-state index contributed by atoms with van der Waals surface area (Å²) in [6, 6.07) is 9.38. The molecule has 3 fully saturated rings. The number of amides is 5. The number of rotatable bonds is 8. The molecule has 7 rings (SSSR count). The van der Waals surface area contributed by atoms with Gasteiger partial charge < -0.3 is 25.0 Å². The molecule has 3 aliphatic heterocycles. The van der Waals surface area contributed by atoms with Crippen molar-refractivity contribution in [1.29, 1.82) is 0 Å². The molecule has 55 heavy (non-hydrogen) atoms. The standard InChI is InChI=1S/C39H46FN5O9S/c1-53-27-12-7-9-24(17-27)18-34(46)41-32-14-6-4-2-3-5-11-26-20-39(26,37(49)43-55(51,52)29-15-16-29)42-35(47)33-19-28(22-45(33)36(32)48)54-38(50)44-21-25-10-8-13-31(40)30(25)23-44/h5,7-13,17,26,28-29,32-33H,2-4,6,14-16,18-23H2,1H3,(H,41,46)(H,42,47)(H,43,49)/b11-5-/t26-,28-,32+,33?,39-/m1/s1. The number of hydrogen-bond donors (Lipinski definition) is 3. The second-order valence-corrected chi connectivity index (χ2v) is 17.1. The van der Waals surface area contributed by atoms with Gasteiger partial charge in [-0.2, -0.15) is 0 Å².